The van der Waals surface area contributed by atoms with Gasteiger partial charge in [-0.1, -0.05) is 0 Å². The van der Waals surface area contributed by atoms with Crippen molar-refractivity contribution in [1.82, 2.24) is 0 Å². The largest absolute Gasteiger partial charge is 0.508 e. The summed E-state index contributed by atoms with van der Waals surface area (Å²) >= 11 is 0. The standard InChI is InChI=1S/C13H19NO2/c1-9(2)14-8-10(5-6-15)12-7-11(16)3-4-13(12)14/h3-4,7,9-10,15-16H,5-6,8H2,1-2H3. The molecule has 0 saturated carbocycles. The van der Waals surface area contributed by atoms with Gasteiger partial charge in [0.15, 0.2) is 0 Å². The second-order valence-electron chi connectivity index (χ2n) is 4.70. The smallest absolute Gasteiger partial charge is 0.116 e. The molecule has 1 unspecified atom stereocenters. The molecule has 0 saturated heterocycles. The van der Waals surface area contributed by atoms with E-state index in [1.807, 2.05) is 12.1 Å². The van der Waals surface area contributed by atoms with Crippen molar-refractivity contribution in [2.75, 3.05) is 18.1 Å². The Morgan fingerprint density at radius 3 is 2.81 bits per heavy atom. The monoisotopic (exact) mass is 221 g/mol. The van der Waals surface area contributed by atoms with Crippen LogP contribution in [-0.2, 0) is 0 Å². The minimum Gasteiger partial charge on any atom is -0.508 e. The average molecular weight is 221 g/mol. The quantitative estimate of drug-likeness (QED) is 0.821. The number of aliphatic hydroxyl groups excluding tert-OH is 1. The summed E-state index contributed by atoms with van der Waals surface area (Å²) in [6.45, 7) is 5.47. The Hall–Kier alpha value is -1.22. The first kappa shape index (κ1) is 11.3. The third kappa shape index (κ3) is 1.87. The molecule has 2 rings (SSSR count). The number of benzene rings is 1. The second kappa shape index (κ2) is 4.34. The zero-order chi connectivity index (χ0) is 11.7. The van der Waals surface area contributed by atoms with E-state index in [2.05, 4.69) is 18.7 Å². The lowest BCUT2D eigenvalue weighted by Crippen LogP contribution is -2.29. The summed E-state index contributed by atoms with van der Waals surface area (Å²) < 4.78 is 0. The number of phenolic OH excluding ortho intramolecular Hbond substituents is 1. The number of hydrogen-bond acceptors (Lipinski definition) is 3. The molecular weight excluding hydrogens is 202 g/mol. The van der Waals surface area contributed by atoms with Gasteiger partial charge >= 0.3 is 0 Å². The van der Waals surface area contributed by atoms with Gasteiger partial charge in [0.2, 0.25) is 0 Å². The van der Waals surface area contributed by atoms with Crippen LogP contribution in [0.15, 0.2) is 18.2 Å². The van der Waals surface area contributed by atoms with Crippen LogP contribution in [0.25, 0.3) is 0 Å². The summed E-state index contributed by atoms with van der Waals surface area (Å²) in [5.41, 5.74) is 2.37. The van der Waals surface area contributed by atoms with E-state index in [1.54, 1.807) is 6.07 Å². The summed E-state index contributed by atoms with van der Waals surface area (Å²) in [6, 6.07) is 5.99. The Morgan fingerprint density at radius 1 is 1.44 bits per heavy atom. The van der Waals surface area contributed by atoms with E-state index in [4.69, 9.17) is 5.11 Å². The third-order valence-electron chi connectivity index (χ3n) is 3.28. The van der Waals surface area contributed by atoms with Gasteiger partial charge in [-0.15, -0.1) is 0 Å². The van der Waals surface area contributed by atoms with Crippen molar-refractivity contribution in [3.05, 3.63) is 23.8 Å². The summed E-state index contributed by atoms with van der Waals surface area (Å²) in [5, 5.41) is 18.6. The maximum Gasteiger partial charge on any atom is 0.116 e. The molecule has 0 radical (unpaired) electrons. The highest BCUT2D eigenvalue weighted by atomic mass is 16.3. The van der Waals surface area contributed by atoms with Crippen molar-refractivity contribution < 1.29 is 10.2 Å². The first-order valence-corrected chi connectivity index (χ1v) is 5.84. The molecule has 1 aromatic rings. The molecule has 0 bridgehead atoms. The molecule has 0 fully saturated rings. The lowest BCUT2D eigenvalue weighted by atomic mass is 9.98. The van der Waals surface area contributed by atoms with Crippen LogP contribution in [0.3, 0.4) is 0 Å². The molecule has 0 aliphatic carbocycles. The van der Waals surface area contributed by atoms with Crippen molar-refractivity contribution in [3.63, 3.8) is 0 Å². The summed E-state index contributed by atoms with van der Waals surface area (Å²) in [5.74, 6) is 0.654. The SMILES string of the molecule is CC(C)N1CC(CCO)c2cc(O)ccc21. The highest BCUT2D eigenvalue weighted by molar-refractivity contribution is 5.62. The summed E-state index contributed by atoms with van der Waals surface area (Å²) in [6.07, 6.45) is 0.764. The van der Waals surface area contributed by atoms with Gasteiger partial charge in [0, 0.05) is 30.8 Å². The van der Waals surface area contributed by atoms with Gasteiger partial charge in [-0.3, -0.25) is 0 Å². The predicted molar refractivity (Wildman–Crippen MR) is 65.0 cm³/mol. The van der Waals surface area contributed by atoms with Gasteiger partial charge < -0.3 is 15.1 Å². The van der Waals surface area contributed by atoms with Crippen molar-refractivity contribution in [2.45, 2.75) is 32.2 Å². The Labute approximate surface area is 96.3 Å². The molecule has 2 N–H and O–H groups in total. The molecule has 88 valence electrons. The maximum atomic E-state index is 9.53. The molecular formula is C13H19NO2. The minimum atomic E-state index is 0.200. The van der Waals surface area contributed by atoms with E-state index >= 15 is 0 Å². The van der Waals surface area contributed by atoms with Crippen LogP contribution >= 0.6 is 0 Å². The lowest BCUT2D eigenvalue weighted by molar-refractivity contribution is 0.277. The van der Waals surface area contributed by atoms with E-state index in [0.717, 1.165) is 13.0 Å². The molecule has 1 heterocycles. The van der Waals surface area contributed by atoms with Gasteiger partial charge in [-0.25, -0.2) is 0 Å². The Morgan fingerprint density at radius 2 is 2.19 bits per heavy atom. The number of rotatable bonds is 3. The Bertz CT molecular complexity index is 376. The first-order valence-electron chi connectivity index (χ1n) is 5.84. The molecule has 0 spiro atoms. The van der Waals surface area contributed by atoms with Gasteiger partial charge in [0.1, 0.15) is 5.75 Å². The fourth-order valence-corrected chi connectivity index (χ4v) is 2.46. The molecule has 1 aliphatic heterocycles. The zero-order valence-corrected chi connectivity index (χ0v) is 9.85. The summed E-state index contributed by atoms with van der Waals surface area (Å²) in [4.78, 5) is 2.33. The topological polar surface area (TPSA) is 43.7 Å². The molecule has 16 heavy (non-hydrogen) atoms. The number of hydrogen-bond donors (Lipinski definition) is 2. The van der Waals surface area contributed by atoms with Crippen LogP contribution in [0, 0.1) is 0 Å². The van der Waals surface area contributed by atoms with Crippen molar-refractivity contribution in [3.8, 4) is 5.75 Å². The third-order valence-corrected chi connectivity index (χ3v) is 3.28. The highest BCUT2D eigenvalue weighted by Gasteiger charge is 2.29. The Balaban J connectivity index is 2.36. The number of fused-ring (bicyclic) bond motifs is 1. The van der Waals surface area contributed by atoms with Crippen LogP contribution < -0.4 is 4.90 Å². The number of aromatic hydroxyl groups is 1. The normalized spacial score (nSPS) is 19.2. The van der Waals surface area contributed by atoms with Crippen molar-refractivity contribution in [1.29, 1.82) is 0 Å². The predicted octanol–water partition coefficient (Wildman–Crippen LogP) is 2.09. The van der Waals surface area contributed by atoms with E-state index in [-0.39, 0.29) is 6.61 Å². The molecule has 1 aromatic carbocycles. The van der Waals surface area contributed by atoms with Crippen LogP contribution in [0.2, 0.25) is 0 Å². The first-order chi connectivity index (χ1) is 7.63. The minimum absolute atomic E-state index is 0.200. The van der Waals surface area contributed by atoms with E-state index in [9.17, 15) is 5.11 Å². The number of nitrogens with zero attached hydrogens (tertiary/aromatic N) is 1. The fraction of sp³-hybridized carbons (Fsp3) is 0.538. The van der Waals surface area contributed by atoms with Gasteiger partial charge in [-0.05, 0) is 44.0 Å². The fourth-order valence-electron chi connectivity index (χ4n) is 2.46. The van der Waals surface area contributed by atoms with Gasteiger partial charge in [0.25, 0.3) is 0 Å². The van der Waals surface area contributed by atoms with Crippen LogP contribution in [0.5, 0.6) is 5.75 Å². The average Bonchev–Trinajstić information content (AvgIpc) is 2.58. The Kier molecular flexibility index (Phi) is 3.06. The van der Waals surface area contributed by atoms with Gasteiger partial charge in [-0.2, -0.15) is 0 Å². The number of phenols is 1. The van der Waals surface area contributed by atoms with Gasteiger partial charge in [0.05, 0.1) is 0 Å². The molecule has 3 nitrogen and oxygen atoms in total. The molecule has 1 atom stereocenters. The highest BCUT2D eigenvalue weighted by Crippen LogP contribution is 2.40. The van der Waals surface area contributed by atoms with Crippen molar-refractivity contribution >= 4 is 5.69 Å². The molecule has 0 aromatic heterocycles. The van der Waals surface area contributed by atoms with E-state index < -0.39 is 0 Å². The number of anilines is 1. The van der Waals surface area contributed by atoms with Crippen LogP contribution in [0.4, 0.5) is 5.69 Å². The van der Waals surface area contributed by atoms with Crippen molar-refractivity contribution in [2.24, 2.45) is 0 Å². The number of aliphatic hydroxyl groups is 1. The second-order valence-corrected chi connectivity index (χ2v) is 4.70. The lowest BCUT2D eigenvalue weighted by Gasteiger charge is -2.24. The van der Waals surface area contributed by atoms with Crippen LogP contribution in [-0.4, -0.2) is 29.4 Å². The zero-order valence-electron chi connectivity index (χ0n) is 9.85. The molecule has 3 heteroatoms. The maximum absolute atomic E-state index is 9.53. The molecule has 1 aliphatic rings. The molecule has 0 amide bonds. The van der Waals surface area contributed by atoms with E-state index in [1.165, 1.54) is 11.3 Å². The summed E-state index contributed by atoms with van der Waals surface area (Å²) in [7, 11) is 0. The van der Waals surface area contributed by atoms with Crippen LogP contribution in [0.1, 0.15) is 31.7 Å². The van der Waals surface area contributed by atoms with E-state index in [0.29, 0.717) is 17.7 Å².